The van der Waals surface area contributed by atoms with Gasteiger partial charge in [0.1, 0.15) is 19.3 Å². The van der Waals surface area contributed by atoms with Gasteiger partial charge in [0.25, 0.3) is 0 Å². The number of rotatable bonds is 81. The van der Waals surface area contributed by atoms with Crippen LogP contribution >= 0.6 is 15.6 Å². The number of ether oxygens (including phenoxy) is 4. The third kappa shape index (κ3) is 74.3. The molecule has 0 aromatic rings. The summed E-state index contributed by atoms with van der Waals surface area (Å²) in [7, 11) is -9.92. The van der Waals surface area contributed by atoms with E-state index in [4.69, 9.17) is 37.0 Å². The lowest BCUT2D eigenvalue weighted by atomic mass is 10.0. The highest BCUT2D eigenvalue weighted by Crippen LogP contribution is 2.45. The normalized spacial score (nSPS) is 13.8. The van der Waals surface area contributed by atoms with E-state index in [1.807, 2.05) is 0 Å². The molecule has 0 aromatic heterocycles. The van der Waals surface area contributed by atoms with Gasteiger partial charge in [0, 0.05) is 25.7 Å². The molecule has 19 heteroatoms. The highest BCUT2D eigenvalue weighted by molar-refractivity contribution is 7.47. The molecule has 0 saturated carbocycles. The van der Waals surface area contributed by atoms with E-state index < -0.39 is 97.5 Å². The van der Waals surface area contributed by atoms with Crippen LogP contribution in [0.5, 0.6) is 0 Å². The Labute approximate surface area is 613 Å². The summed E-state index contributed by atoms with van der Waals surface area (Å²) in [6.07, 6.45) is 65.2. The molecular formula is C81H158O17P2. The molecule has 0 rings (SSSR count). The van der Waals surface area contributed by atoms with Crippen LogP contribution in [0.3, 0.4) is 0 Å². The summed E-state index contributed by atoms with van der Waals surface area (Å²) in [5, 5.41) is 10.6. The van der Waals surface area contributed by atoms with Crippen LogP contribution in [0.15, 0.2) is 0 Å². The zero-order chi connectivity index (χ0) is 73.4. The molecule has 0 aliphatic carbocycles. The number of aliphatic hydroxyl groups is 1. The Morgan fingerprint density at radius 3 is 0.680 bits per heavy atom. The number of esters is 4. The standard InChI is InChI=1S/C81H158O17P2/c1-6-9-12-15-18-21-23-25-27-29-31-33-35-40-45-50-55-60-65-79(84)92-71-77(98-80(85)66-61-56-51-46-41-36-34-32-30-28-26-24-22-19-16-13-10-7-2)73-96-100(89,90)94-69-75(82)68-93-99(87,88)95-72-76(70-91-78(83)64-59-54-49-43-20-17-14-11-8-3)97-81(86)67-62-57-52-47-42-38-37-39-44-48-53-58-63-74(4)5/h74-77,82H,6-73H2,1-5H3,(H,87,88)(H,89,90)/t75-,76+,77+/m0/s1. The van der Waals surface area contributed by atoms with Crippen LogP contribution in [0.4, 0.5) is 0 Å². The fourth-order valence-electron chi connectivity index (χ4n) is 12.6. The van der Waals surface area contributed by atoms with Crippen molar-refractivity contribution in [3.63, 3.8) is 0 Å². The second kappa shape index (κ2) is 73.9. The second-order valence-corrected chi connectivity index (χ2v) is 32.5. The second-order valence-electron chi connectivity index (χ2n) is 29.6. The summed E-state index contributed by atoms with van der Waals surface area (Å²) in [6.45, 7) is 7.33. The number of carbonyl (C=O) groups is 4. The minimum absolute atomic E-state index is 0.107. The molecule has 0 aliphatic rings. The van der Waals surface area contributed by atoms with Crippen LogP contribution in [0.2, 0.25) is 0 Å². The van der Waals surface area contributed by atoms with E-state index in [2.05, 4.69) is 34.6 Å². The predicted octanol–water partition coefficient (Wildman–Crippen LogP) is 24.4. The SMILES string of the molecule is CCCCCCCCCCCCCCCCCCCCC(=O)OC[C@H](COP(=O)(O)OC[C@@H](O)COP(=O)(O)OC[C@@H](COC(=O)CCCCCCCCCCC)OC(=O)CCCCCCCCCCCCCCC(C)C)OC(=O)CCCCCCCCCCCCCCCCCCCC. The van der Waals surface area contributed by atoms with Crippen molar-refractivity contribution in [1.29, 1.82) is 0 Å². The van der Waals surface area contributed by atoms with Crippen LogP contribution in [-0.2, 0) is 65.4 Å². The fourth-order valence-corrected chi connectivity index (χ4v) is 14.2. The third-order valence-electron chi connectivity index (χ3n) is 19.0. The average molecular weight is 1470 g/mol. The van der Waals surface area contributed by atoms with Gasteiger partial charge in [0.05, 0.1) is 26.4 Å². The van der Waals surface area contributed by atoms with Crippen molar-refractivity contribution in [3.05, 3.63) is 0 Å². The molecule has 0 aromatic carbocycles. The van der Waals surface area contributed by atoms with Crippen molar-refractivity contribution >= 4 is 39.5 Å². The van der Waals surface area contributed by atoms with E-state index in [9.17, 15) is 43.2 Å². The van der Waals surface area contributed by atoms with E-state index in [1.165, 1.54) is 257 Å². The van der Waals surface area contributed by atoms with Crippen molar-refractivity contribution in [3.8, 4) is 0 Å². The van der Waals surface area contributed by atoms with Gasteiger partial charge in [0.15, 0.2) is 12.2 Å². The fraction of sp³-hybridized carbons (Fsp3) is 0.951. The molecule has 0 saturated heterocycles. The smallest absolute Gasteiger partial charge is 0.462 e. The Morgan fingerprint density at radius 2 is 0.460 bits per heavy atom. The van der Waals surface area contributed by atoms with Crippen LogP contribution in [0.25, 0.3) is 0 Å². The molecule has 3 N–H and O–H groups in total. The first kappa shape index (κ1) is 98.1. The predicted molar refractivity (Wildman–Crippen MR) is 409 cm³/mol. The van der Waals surface area contributed by atoms with Gasteiger partial charge in [-0.3, -0.25) is 37.3 Å². The summed E-state index contributed by atoms with van der Waals surface area (Å²) in [5.41, 5.74) is 0. The Kier molecular flexibility index (Phi) is 72.5. The summed E-state index contributed by atoms with van der Waals surface area (Å²) in [6, 6.07) is 0. The van der Waals surface area contributed by atoms with Crippen molar-refractivity contribution in [2.45, 2.75) is 451 Å². The number of hydrogen-bond donors (Lipinski definition) is 3. The largest absolute Gasteiger partial charge is 0.472 e. The molecule has 0 fully saturated rings. The first-order chi connectivity index (χ1) is 48.5. The molecule has 100 heavy (non-hydrogen) atoms. The van der Waals surface area contributed by atoms with Crippen LogP contribution in [0.1, 0.15) is 433 Å². The molecule has 0 spiro atoms. The average Bonchev–Trinajstić information content (AvgIpc) is 0.962. The third-order valence-corrected chi connectivity index (χ3v) is 20.9. The summed E-state index contributed by atoms with van der Waals surface area (Å²) in [4.78, 5) is 73.0. The minimum Gasteiger partial charge on any atom is -0.462 e. The molecule has 0 heterocycles. The molecular weight excluding hydrogens is 1310 g/mol. The van der Waals surface area contributed by atoms with Gasteiger partial charge >= 0.3 is 39.5 Å². The van der Waals surface area contributed by atoms with Gasteiger partial charge in [-0.05, 0) is 31.6 Å². The number of phosphoric acid groups is 2. The maximum absolute atomic E-state index is 13.1. The molecule has 594 valence electrons. The number of hydrogen-bond acceptors (Lipinski definition) is 15. The number of carbonyl (C=O) groups excluding carboxylic acids is 4. The van der Waals surface area contributed by atoms with Crippen molar-refractivity contribution in [1.82, 2.24) is 0 Å². The molecule has 0 bridgehead atoms. The minimum atomic E-state index is -4.96. The van der Waals surface area contributed by atoms with Gasteiger partial charge in [-0.25, -0.2) is 9.13 Å². The van der Waals surface area contributed by atoms with Gasteiger partial charge < -0.3 is 33.8 Å². The lowest BCUT2D eigenvalue weighted by molar-refractivity contribution is -0.161. The topological polar surface area (TPSA) is 237 Å². The van der Waals surface area contributed by atoms with E-state index >= 15 is 0 Å². The Bertz CT molecular complexity index is 1910. The number of phosphoric ester groups is 2. The van der Waals surface area contributed by atoms with Crippen molar-refractivity contribution in [2.24, 2.45) is 5.92 Å². The van der Waals surface area contributed by atoms with Crippen molar-refractivity contribution < 1.29 is 80.2 Å². The van der Waals surface area contributed by atoms with E-state index in [0.717, 1.165) is 95.8 Å². The molecule has 0 aliphatic heterocycles. The Hall–Kier alpha value is -1.94. The van der Waals surface area contributed by atoms with E-state index in [0.29, 0.717) is 25.7 Å². The number of unbranched alkanes of at least 4 members (excludes halogenated alkanes) is 53. The van der Waals surface area contributed by atoms with Crippen LogP contribution in [0, 0.1) is 5.92 Å². The lowest BCUT2D eigenvalue weighted by Gasteiger charge is -2.21. The first-order valence-corrected chi connectivity index (χ1v) is 45.1. The van der Waals surface area contributed by atoms with Gasteiger partial charge in [-0.1, -0.05) is 381 Å². The number of aliphatic hydroxyl groups excluding tert-OH is 1. The van der Waals surface area contributed by atoms with Crippen LogP contribution < -0.4 is 0 Å². The molecule has 17 nitrogen and oxygen atoms in total. The maximum Gasteiger partial charge on any atom is 0.472 e. The van der Waals surface area contributed by atoms with E-state index in [-0.39, 0.29) is 25.7 Å². The summed E-state index contributed by atoms with van der Waals surface area (Å²) < 4.78 is 68.7. The quantitative estimate of drug-likeness (QED) is 0.0222. The van der Waals surface area contributed by atoms with Gasteiger partial charge in [0.2, 0.25) is 0 Å². The molecule has 0 radical (unpaired) electrons. The molecule has 5 atom stereocenters. The van der Waals surface area contributed by atoms with Gasteiger partial charge in [-0.2, -0.15) is 0 Å². The van der Waals surface area contributed by atoms with Crippen molar-refractivity contribution in [2.75, 3.05) is 39.6 Å². The lowest BCUT2D eigenvalue weighted by Crippen LogP contribution is -2.30. The Morgan fingerprint density at radius 1 is 0.270 bits per heavy atom. The summed E-state index contributed by atoms with van der Waals surface area (Å²) in [5.74, 6) is -1.33. The van der Waals surface area contributed by atoms with Crippen LogP contribution in [-0.4, -0.2) is 96.7 Å². The first-order valence-electron chi connectivity index (χ1n) is 42.1. The molecule has 2 unspecified atom stereocenters. The monoisotopic (exact) mass is 1470 g/mol. The zero-order valence-electron chi connectivity index (χ0n) is 65.3. The summed E-state index contributed by atoms with van der Waals surface area (Å²) >= 11 is 0. The van der Waals surface area contributed by atoms with Gasteiger partial charge in [-0.15, -0.1) is 0 Å². The zero-order valence-corrected chi connectivity index (χ0v) is 67.1. The Balaban J connectivity index is 5.22. The highest BCUT2D eigenvalue weighted by Gasteiger charge is 2.30. The maximum atomic E-state index is 13.1. The molecule has 0 amide bonds. The highest BCUT2D eigenvalue weighted by atomic mass is 31.2. The van der Waals surface area contributed by atoms with E-state index in [1.54, 1.807) is 0 Å².